The van der Waals surface area contributed by atoms with E-state index in [4.69, 9.17) is 0 Å². The summed E-state index contributed by atoms with van der Waals surface area (Å²) in [7, 11) is 4.65. The van der Waals surface area contributed by atoms with Gasteiger partial charge in [0.2, 0.25) is 0 Å². The monoisotopic (exact) mass is 363 g/mol. The first-order chi connectivity index (χ1) is 12.1. The van der Waals surface area contributed by atoms with Crippen LogP contribution in [0.4, 0.5) is 0 Å². The molecule has 3 heterocycles. The van der Waals surface area contributed by atoms with E-state index in [2.05, 4.69) is 70.3 Å². The molecule has 26 heavy (non-hydrogen) atoms. The van der Waals surface area contributed by atoms with Gasteiger partial charge in [-0.25, -0.2) is 0 Å². The lowest BCUT2D eigenvalue weighted by Gasteiger charge is -2.58. The van der Waals surface area contributed by atoms with Gasteiger partial charge in [0.25, 0.3) is 0 Å². The topological polar surface area (TPSA) is 9.72 Å². The van der Waals surface area contributed by atoms with Crippen molar-refractivity contribution in [1.29, 1.82) is 0 Å². The highest BCUT2D eigenvalue weighted by molar-refractivity contribution is 5.03. The van der Waals surface area contributed by atoms with Crippen LogP contribution in [0.2, 0.25) is 0 Å². The fourth-order valence-electron chi connectivity index (χ4n) is 6.26. The molecule has 0 aromatic heterocycles. The maximum atomic E-state index is 3.01. The van der Waals surface area contributed by atoms with Crippen LogP contribution < -0.4 is 0 Å². The van der Waals surface area contributed by atoms with E-state index in [1.807, 2.05) is 0 Å². The molecule has 3 nitrogen and oxygen atoms in total. The number of rotatable bonds is 2. The molecule has 0 bridgehead atoms. The summed E-state index contributed by atoms with van der Waals surface area (Å²) < 4.78 is 0. The Hall–Kier alpha value is -0.120. The van der Waals surface area contributed by atoms with Gasteiger partial charge in [-0.3, -0.25) is 4.90 Å². The van der Waals surface area contributed by atoms with E-state index >= 15 is 0 Å². The normalized spacial score (nSPS) is 42.7. The largest absolute Gasteiger partial charge is 0.301 e. The van der Waals surface area contributed by atoms with Crippen molar-refractivity contribution in [2.45, 2.75) is 96.8 Å². The minimum Gasteiger partial charge on any atom is -0.301 e. The average molecular weight is 364 g/mol. The Balaban J connectivity index is 1.82. The molecule has 0 aliphatic carbocycles. The minimum absolute atomic E-state index is 0.308. The van der Waals surface area contributed by atoms with Gasteiger partial charge in [0.05, 0.1) is 0 Å². The van der Waals surface area contributed by atoms with Crippen LogP contribution in [-0.4, -0.2) is 71.6 Å². The first kappa shape index (κ1) is 20.6. The maximum absolute atomic E-state index is 3.01. The third kappa shape index (κ3) is 3.37. The van der Waals surface area contributed by atoms with Crippen molar-refractivity contribution >= 4 is 0 Å². The molecule has 5 atom stereocenters. The summed E-state index contributed by atoms with van der Waals surface area (Å²) in [4.78, 5) is 8.20. The van der Waals surface area contributed by atoms with Crippen molar-refractivity contribution in [3.63, 3.8) is 0 Å². The predicted octanol–water partition coefficient (Wildman–Crippen LogP) is 4.33. The zero-order valence-electron chi connectivity index (χ0n) is 18.9. The zero-order chi connectivity index (χ0) is 19.3. The van der Waals surface area contributed by atoms with Gasteiger partial charge in [0, 0.05) is 23.2 Å². The smallest absolute Gasteiger partial charge is 0.0190 e. The van der Waals surface area contributed by atoms with E-state index < -0.39 is 0 Å². The van der Waals surface area contributed by atoms with Crippen molar-refractivity contribution in [2.24, 2.45) is 17.8 Å². The Morgan fingerprint density at radius 2 is 1.23 bits per heavy atom. The van der Waals surface area contributed by atoms with E-state index in [1.165, 1.54) is 51.7 Å². The summed E-state index contributed by atoms with van der Waals surface area (Å²) in [6.45, 7) is 18.8. The van der Waals surface area contributed by atoms with Crippen LogP contribution in [0.5, 0.6) is 0 Å². The van der Waals surface area contributed by atoms with Gasteiger partial charge in [0.15, 0.2) is 0 Å². The van der Waals surface area contributed by atoms with Gasteiger partial charge in [-0.15, -0.1) is 0 Å². The van der Waals surface area contributed by atoms with Gasteiger partial charge < -0.3 is 9.80 Å². The number of likely N-dealkylation sites (tertiary alicyclic amines) is 3. The number of nitrogens with zero attached hydrogens (tertiary/aromatic N) is 3. The fourth-order valence-corrected chi connectivity index (χ4v) is 6.26. The van der Waals surface area contributed by atoms with Gasteiger partial charge in [-0.05, 0) is 105 Å². The van der Waals surface area contributed by atoms with E-state index in [0.717, 1.165) is 29.8 Å². The number of hydrogen-bond acceptors (Lipinski definition) is 3. The predicted molar refractivity (Wildman–Crippen MR) is 113 cm³/mol. The van der Waals surface area contributed by atoms with Crippen LogP contribution in [0.15, 0.2) is 0 Å². The summed E-state index contributed by atoms with van der Waals surface area (Å²) in [6.07, 6.45) is 6.99. The molecule has 3 aliphatic rings. The number of hydrogen-bond donors (Lipinski definition) is 0. The van der Waals surface area contributed by atoms with Crippen LogP contribution in [0.1, 0.15) is 73.6 Å². The first-order valence-corrected chi connectivity index (χ1v) is 11.3. The lowest BCUT2D eigenvalue weighted by Crippen LogP contribution is -2.64. The Bertz CT molecular complexity index is 442. The van der Waals surface area contributed by atoms with Crippen LogP contribution >= 0.6 is 0 Å². The summed E-state index contributed by atoms with van der Waals surface area (Å²) in [5.41, 5.74) is 0.631. The third-order valence-corrected chi connectivity index (χ3v) is 9.49. The van der Waals surface area contributed by atoms with Crippen molar-refractivity contribution in [3.8, 4) is 0 Å². The molecule has 5 unspecified atom stereocenters. The van der Waals surface area contributed by atoms with Gasteiger partial charge >= 0.3 is 0 Å². The third-order valence-electron chi connectivity index (χ3n) is 9.49. The molecule has 0 radical (unpaired) electrons. The van der Waals surface area contributed by atoms with Crippen molar-refractivity contribution < 1.29 is 0 Å². The fraction of sp³-hybridized carbons (Fsp3) is 1.00. The Labute approximate surface area is 163 Å². The zero-order valence-corrected chi connectivity index (χ0v) is 18.9. The lowest BCUT2D eigenvalue weighted by atomic mass is 9.67. The lowest BCUT2D eigenvalue weighted by molar-refractivity contribution is -0.0819. The molecule has 0 aromatic rings. The maximum Gasteiger partial charge on any atom is 0.0190 e. The summed E-state index contributed by atoms with van der Waals surface area (Å²) in [6, 6.07) is 1.57. The van der Waals surface area contributed by atoms with Crippen LogP contribution in [0.25, 0.3) is 0 Å². The second-order valence-corrected chi connectivity index (χ2v) is 10.8. The van der Waals surface area contributed by atoms with Crippen LogP contribution in [0, 0.1) is 17.8 Å². The first-order valence-electron chi connectivity index (χ1n) is 11.3. The molecule has 0 aromatic carbocycles. The highest BCUT2D eigenvalue weighted by Gasteiger charge is 2.48. The molecule has 3 fully saturated rings. The molecule has 0 amide bonds. The molecule has 3 heteroatoms. The van der Waals surface area contributed by atoms with Crippen molar-refractivity contribution in [2.75, 3.05) is 33.7 Å². The SMILES string of the molecule is CC1C(C2CCCCN2C2CCN(C)C(C)(C)C2C)CCN(C)C1(C)C. The summed E-state index contributed by atoms with van der Waals surface area (Å²) >= 11 is 0. The van der Waals surface area contributed by atoms with E-state index in [0.29, 0.717) is 11.1 Å². The molecule has 0 N–H and O–H groups in total. The molecule has 152 valence electrons. The Morgan fingerprint density at radius 3 is 1.88 bits per heavy atom. The van der Waals surface area contributed by atoms with Crippen LogP contribution in [0.3, 0.4) is 0 Å². The van der Waals surface area contributed by atoms with E-state index in [1.54, 1.807) is 0 Å². The molecular formula is C23H45N3. The van der Waals surface area contributed by atoms with Gasteiger partial charge in [0.1, 0.15) is 0 Å². The van der Waals surface area contributed by atoms with Crippen LogP contribution in [-0.2, 0) is 0 Å². The van der Waals surface area contributed by atoms with E-state index in [-0.39, 0.29) is 0 Å². The second kappa shape index (κ2) is 7.37. The Kier molecular flexibility index (Phi) is 5.84. The highest BCUT2D eigenvalue weighted by atomic mass is 15.3. The van der Waals surface area contributed by atoms with Gasteiger partial charge in [-0.1, -0.05) is 20.3 Å². The number of piperidine rings is 3. The van der Waals surface area contributed by atoms with Crippen molar-refractivity contribution in [3.05, 3.63) is 0 Å². The second-order valence-electron chi connectivity index (χ2n) is 10.8. The highest BCUT2D eigenvalue weighted by Crippen LogP contribution is 2.44. The minimum atomic E-state index is 0.308. The van der Waals surface area contributed by atoms with Gasteiger partial charge in [-0.2, -0.15) is 0 Å². The molecule has 3 rings (SSSR count). The molecule has 0 spiro atoms. The molecule has 0 saturated carbocycles. The quantitative estimate of drug-likeness (QED) is 0.723. The summed E-state index contributed by atoms with van der Waals surface area (Å²) in [5.74, 6) is 2.36. The molecular weight excluding hydrogens is 318 g/mol. The standard InChI is InChI=1S/C23H45N3/c1-17-19(12-15-24(7)22(17,3)4)21-11-9-10-14-26(21)20-13-16-25(8)23(5,6)18(20)2/h17-21H,9-16H2,1-8H3. The summed E-state index contributed by atoms with van der Waals surface area (Å²) in [5, 5.41) is 0. The molecule has 3 aliphatic heterocycles. The Morgan fingerprint density at radius 1 is 0.654 bits per heavy atom. The average Bonchev–Trinajstić information content (AvgIpc) is 2.59. The van der Waals surface area contributed by atoms with E-state index in [9.17, 15) is 0 Å². The van der Waals surface area contributed by atoms with Crippen molar-refractivity contribution in [1.82, 2.24) is 14.7 Å². The molecule has 3 saturated heterocycles.